The summed E-state index contributed by atoms with van der Waals surface area (Å²) in [4.78, 5) is 43.6. The Morgan fingerprint density at radius 3 is 2.74 bits per heavy atom. The number of carbonyl (C=O) groups excluding carboxylic acids is 2. The Balaban J connectivity index is 1.27. The molecular weight excluding hydrogens is 544 g/mol. The molecule has 6 rings (SSSR count). The molecule has 5 heterocycles. The molecule has 4 aliphatic rings. The Labute approximate surface area is 241 Å². The van der Waals surface area contributed by atoms with Crippen molar-refractivity contribution in [1.82, 2.24) is 30.8 Å². The molecule has 0 bridgehead atoms. The van der Waals surface area contributed by atoms with Crippen LogP contribution in [0.2, 0.25) is 0 Å². The smallest absolute Gasteiger partial charge is 0.343 e. The molecular formula is C27H35N10O5+. The second-order valence-electron chi connectivity index (χ2n) is 11.7. The van der Waals surface area contributed by atoms with E-state index in [0.717, 1.165) is 12.0 Å². The van der Waals surface area contributed by atoms with Crippen LogP contribution in [-0.4, -0.2) is 98.1 Å². The van der Waals surface area contributed by atoms with Crippen LogP contribution in [0.15, 0.2) is 35.6 Å². The number of amides is 2. The first-order chi connectivity index (χ1) is 19.9. The number of aryl methyl sites for hydroxylation is 1. The second-order valence-corrected chi connectivity index (χ2v) is 11.7. The minimum Gasteiger partial charge on any atom is -0.492 e. The van der Waals surface area contributed by atoms with Gasteiger partial charge in [-0.1, -0.05) is 26.0 Å². The van der Waals surface area contributed by atoms with Gasteiger partial charge in [-0.25, -0.2) is 15.3 Å². The van der Waals surface area contributed by atoms with E-state index in [9.17, 15) is 19.8 Å². The molecule has 1 spiro atoms. The lowest BCUT2D eigenvalue weighted by Crippen LogP contribution is -2.90. The molecule has 0 saturated carbocycles. The minimum atomic E-state index is -2.60. The van der Waals surface area contributed by atoms with Crippen LogP contribution in [0.4, 0.5) is 0 Å². The highest BCUT2D eigenvalue weighted by atomic mass is 16.5. The molecule has 42 heavy (non-hydrogen) atoms. The lowest BCUT2D eigenvalue weighted by atomic mass is 9.79. The molecule has 2 aromatic rings. The van der Waals surface area contributed by atoms with Crippen molar-refractivity contribution in [3.8, 4) is 5.75 Å². The highest BCUT2D eigenvalue weighted by Gasteiger charge is 2.76. The maximum Gasteiger partial charge on any atom is 0.343 e. The zero-order valence-electron chi connectivity index (χ0n) is 23.5. The van der Waals surface area contributed by atoms with Crippen LogP contribution in [0.25, 0.3) is 0 Å². The summed E-state index contributed by atoms with van der Waals surface area (Å²) in [5, 5.41) is 32.0. The fourth-order valence-electron chi connectivity index (χ4n) is 6.43. The van der Waals surface area contributed by atoms with Gasteiger partial charge in [0.1, 0.15) is 23.5 Å². The highest BCUT2D eigenvalue weighted by molar-refractivity contribution is 5.98. The van der Waals surface area contributed by atoms with Gasteiger partial charge in [0.2, 0.25) is 5.79 Å². The van der Waals surface area contributed by atoms with E-state index in [1.165, 1.54) is 17.3 Å². The quantitative estimate of drug-likeness (QED) is 0.160. The zero-order valence-corrected chi connectivity index (χ0v) is 23.5. The van der Waals surface area contributed by atoms with Crippen LogP contribution in [0.3, 0.4) is 0 Å². The number of nitrogens with zero attached hydrogens (tertiary/aromatic N) is 4. The van der Waals surface area contributed by atoms with Gasteiger partial charge < -0.3 is 31.3 Å². The molecule has 2 amide bonds. The average molecular weight is 580 g/mol. The summed E-state index contributed by atoms with van der Waals surface area (Å²) in [6.45, 7) is 6.18. The van der Waals surface area contributed by atoms with Crippen LogP contribution >= 0.6 is 0 Å². The lowest BCUT2D eigenvalue weighted by Gasteiger charge is -2.46. The maximum absolute atomic E-state index is 13.6. The van der Waals surface area contributed by atoms with E-state index < -0.39 is 41.4 Å². The molecule has 1 aromatic carbocycles. The van der Waals surface area contributed by atoms with Crippen molar-refractivity contribution >= 4 is 23.7 Å². The number of hydrogen-bond acceptors (Lipinski definition) is 12. The minimum absolute atomic E-state index is 0.0171. The monoisotopic (exact) mass is 579 g/mol. The fraction of sp³-hybridized carbons (Fsp3) is 0.481. The normalized spacial score (nSPS) is 28.2. The van der Waals surface area contributed by atoms with Crippen LogP contribution in [0.1, 0.15) is 52.4 Å². The first-order valence-corrected chi connectivity index (χ1v) is 13.7. The Morgan fingerprint density at radius 1 is 1.21 bits per heavy atom. The van der Waals surface area contributed by atoms with E-state index in [1.807, 2.05) is 6.07 Å². The Kier molecular flexibility index (Phi) is 6.27. The van der Waals surface area contributed by atoms with Crippen molar-refractivity contribution in [3.05, 3.63) is 53.1 Å². The number of benzene rings is 1. The van der Waals surface area contributed by atoms with Gasteiger partial charge in [-0.2, -0.15) is 0 Å². The van der Waals surface area contributed by atoms with E-state index in [2.05, 4.69) is 49.8 Å². The van der Waals surface area contributed by atoms with Gasteiger partial charge in [0, 0.05) is 24.5 Å². The van der Waals surface area contributed by atoms with Crippen LogP contribution in [0.5, 0.6) is 5.75 Å². The Hall–Kier alpha value is -4.50. The van der Waals surface area contributed by atoms with Gasteiger partial charge in [0.15, 0.2) is 12.0 Å². The number of carbonyl (C=O) groups is 2. The summed E-state index contributed by atoms with van der Waals surface area (Å²) in [7, 11) is 0. The number of aromatic nitrogens is 2. The first-order valence-electron chi connectivity index (χ1n) is 13.7. The van der Waals surface area contributed by atoms with Crippen molar-refractivity contribution in [2.75, 3.05) is 19.7 Å². The predicted octanol–water partition coefficient (Wildman–Crippen LogP) is -3.87. The summed E-state index contributed by atoms with van der Waals surface area (Å²) < 4.78 is 5.90. The van der Waals surface area contributed by atoms with Gasteiger partial charge in [0.05, 0.1) is 24.4 Å². The molecule has 0 aliphatic carbocycles. The molecule has 15 nitrogen and oxygen atoms in total. The number of fused-ring (bicyclic) bond motifs is 1. The average Bonchev–Trinajstić information content (AvgIpc) is 3.41. The molecule has 1 aromatic heterocycles. The topological polar surface area (TPSA) is 227 Å². The molecule has 2 unspecified atom stereocenters. The van der Waals surface area contributed by atoms with E-state index in [4.69, 9.17) is 16.2 Å². The molecule has 4 atom stereocenters. The third kappa shape index (κ3) is 4.02. The van der Waals surface area contributed by atoms with Gasteiger partial charge in [-0.15, -0.1) is 0 Å². The molecule has 1 saturated heterocycles. The predicted molar refractivity (Wildman–Crippen MR) is 149 cm³/mol. The van der Waals surface area contributed by atoms with Crippen molar-refractivity contribution < 1.29 is 29.5 Å². The van der Waals surface area contributed by atoms with Crippen molar-refractivity contribution in [2.24, 2.45) is 16.5 Å². The fourth-order valence-corrected chi connectivity index (χ4v) is 6.43. The number of hydrogen-bond donors (Lipinski definition) is 8. The number of aliphatic hydroxyl groups is 2. The number of rotatable bonds is 5. The van der Waals surface area contributed by atoms with Gasteiger partial charge >= 0.3 is 5.96 Å². The van der Waals surface area contributed by atoms with Crippen LogP contribution in [-0.2, 0) is 5.41 Å². The molecule has 10 N–H and O–H groups in total. The van der Waals surface area contributed by atoms with Crippen LogP contribution < -0.4 is 37.1 Å². The molecule has 222 valence electrons. The second kappa shape index (κ2) is 9.52. The number of ether oxygens (including phenoxy) is 1. The maximum atomic E-state index is 13.6. The van der Waals surface area contributed by atoms with Crippen molar-refractivity contribution in [3.63, 3.8) is 0 Å². The van der Waals surface area contributed by atoms with E-state index in [-0.39, 0.29) is 36.1 Å². The van der Waals surface area contributed by atoms with Gasteiger partial charge in [-0.05, 0) is 24.8 Å². The van der Waals surface area contributed by atoms with Crippen molar-refractivity contribution in [1.29, 1.82) is 0 Å². The Bertz CT molecular complexity index is 1520. The highest BCUT2D eigenvalue weighted by Crippen LogP contribution is 2.43. The standard InChI is InChI=1S/C27H34N10O5/c1-13-18(31-9-8-30-13)22(39)32-11-16-20-26(36-23(28)35-20)27(40,41)17(12-37(26)24(29)33-16)34-21(38)14-5-4-6-15-19(14)42-10-7-25(15,2)3/h4-6,8-9,16-17,20,40-41H,7,10-12H2,1-3H3,(H2,29,33)(H,32,39)(H,34,38)(H3,28,35,36)/p+1/t16-,17?,20-,26?/m0/s1. The van der Waals surface area contributed by atoms with Gasteiger partial charge in [0.25, 0.3) is 17.5 Å². The summed E-state index contributed by atoms with van der Waals surface area (Å²) in [5.74, 6) is -3.08. The SMILES string of the molecule is Cc1nccnc1C(=O)NC[C@@H]1N=C(N)N2CC(NC(=O)c3cccc4c3OCCC4(C)C)C(O)(O)C23NC(N)=[NH+][C@@H]13. The lowest BCUT2D eigenvalue weighted by molar-refractivity contribution is -0.521. The number of guanidine groups is 2. The number of nitrogens with one attached hydrogen (secondary N) is 4. The number of para-hydroxylation sites is 1. The third-order valence-corrected chi connectivity index (χ3v) is 8.72. The van der Waals surface area contributed by atoms with E-state index in [0.29, 0.717) is 23.6 Å². The van der Waals surface area contributed by atoms with E-state index in [1.54, 1.807) is 19.1 Å². The van der Waals surface area contributed by atoms with Crippen LogP contribution in [0, 0.1) is 6.92 Å². The summed E-state index contributed by atoms with van der Waals surface area (Å²) in [6, 6.07) is 2.50. The molecule has 15 heteroatoms. The summed E-state index contributed by atoms with van der Waals surface area (Å²) in [5.41, 5.74) is 12.4. The van der Waals surface area contributed by atoms with Gasteiger partial charge in [-0.3, -0.25) is 30.2 Å². The van der Waals surface area contributed by atoms with Crippen molar-refractivity contribution in [2.45, 2.75) is 62.2 Å². The zero-order chi connectivity index (χ0) is 30.0. The first kappa shape index (κ1) is 27.7. The Morgan fingerprint density at radius 2 is 1.98 bits per heavy atom. The number of nitrogens with two attached hydrogens (primary N) is 2. The number of aliphatic imine (C=N–C) groups is 1. The summed E-state index contributed by atoms with van der Waals surface area (Å²) >= 11 is 0. The summed E-state index contributed by atoms with van der Waals surface area (Å²) in [6.07, 6.45) is 3.71. The molecule has 1 fully saturated rings. The molecule has 4 aliphatic heterocycles. The molecule has 0 radical (unpaired) electrons. The van der Waals surface area contributed by atoms with E-state index >= 15 is 0 Å². The third-order valence-electron chi connectivity index (χ3n) is 8.72. The largest absolute Gasteiger partial charge is 0.492 e.